The molecule has 3 nitrogen and oxygen atoms in total. The summed E-state index contributed by atoms with van der Waals surface area (Å²) in [7, 11) is 3.42. The van der Waals surface area contributed by atoms with Gasteiger partial charge in [-0.05, 0) is 31.5 Å². The third-order valence-electron chi connectivity index (χ3n) is 2.16. The Kier molecular flexibility index (Phi) is 4.58. The SMILES string of the molecule is C/C=C/N(C=NC)c1ccc(C)cc1OC. The molecule has 0 aliphatic heterocycles. The Morgan fingerprint density at radius 3 is 2.69 bits per heavy atom. The number of anilines is 1. The molecule has 0 fully saturated rings. The van der Waals surface area contributed by atoms with Crippen molar-refractivity contribution in [2.24, 2.45) is 4.99 Å². The minimum Gasteiger partial charge on any atom is -0.495 e. The van der Waals surface area contributed by atoms with Gasteiger partial charge in [0.15, 0.2) is 0 Å². The van der Waals surface area contributed by atoms with Gasteiger partial charge < -0.3 is 9.64 Å². The van der Waals surface area contributed by atoms with Crippen LogP contribution in [-0.4, -0.2) is 20.5 Å². The molecule has 0 saturated heterocycles. The highest BCUT2D eigenvalue weighted by atomic mass is 16.5. The molecule has 16 heavy (non-hydrogen) atoms. The number of benzene rings is 1. The van der Waals surface area contributed by atoms with Crippen LogP contribution in [0.25, 0.3) is 0 Å². The molecular formula is C13H18N2O. The number of allylic oxidation sites excluding steroid dienone is 1. The van der Waals surface area contributed by atoms with Gasteiger partial charge in [-0.25, -0.2) is 0 Å². The van der Waals surface area contributed by atoms with Gasteiger partial charge in [-0.15, -0.1) is 0 Å². The number of rotatable bonds is 4. The van der Waals surface area contributed by atoms with E-state index < -0.39 is 0 Å². The van der Waals surface area contributed by atoms with Gasteiger partial charge in [0, 0.05) is 13.2 Å². The summed E-state index contributed by atoms with van der Waals surface area (Å²) in [5.41, 5.74) is 2.16. The summed E-state index contributed by atoms with van der Waals surface area (Å²) in [4.78, 5) is 5.95. The monoisotopic (exact) mass is 218 g/mol. The summed E-state index contributed by atoms with van der Waals surface area (Å²) in [6.45, 7) is 4.01. The van der Waals surface area contributed by atoms with Crippen molar-refractivity contribution in [1.82, 2.24) is 0 Å². The highest BCUT2D eigenvalue weighted by Gasteiger charge is 2.07. The summed E-state index contributed by atoms with van der Waals surface area (Å²) < 4.78 is 5.36. The fraction of sp³-hybridized carbons (Fsp3) is 0.308. The van der Waals surface area contributed by atoms with E-state index in [-0.39, 0.29) is 0 Å². The maximum atomic E-state index is 5.36. The topological polar surface area (TPSA) is 24.8 Å². The summed E-state index contributed by atoms with van der Waals surface area (Å²) in [5, 5.41) is 0. The van der Waals surface area contributed by atoms with Gasteiger partial charge in [-0.1, -0.05) is 12.1 Å². The average molecular weight is 218 g/mol. The van der Waals surface area contributed by atoms with Crippen molar-refractivity contribution in [3.05, 3.63) is 36.0 Å². The van der Waals surface area contributed by atoms with E-state index in [1.54, 1.807) is 20.5 Å². The van der Waals surface area contributed by atoms with Crippen LogP contribution in [0.3, 0.4) is 0 Å². The van der Waals surface area contributed by atoms with Crippen LogP contribution in [0.4, 0.5) is 5.69 Å². The van der Waals surface area contributed by atoms with Gasteiger partial charge in [-0.3, -0.25) is 4.99 Å². The predicted octanol–water partition coefficient (Wildman–Crippen LogP) is 3.00. The van der Waals surface area contributed by atoms with E-state index in [1.807, 2.05) is 43.2 Å². The minimum absolute atomic E-state index is 0.845. The fourth-order valence-electron chi connectivity index (χ4n) is 1.46. The molecule has 0 atom stereocenters. The minimum atomic E-state index is 0.845. The zero-order chi connectivity index (χ0) is 12.0. The number of aryl methyl sites for hydroxylation is 1. The first-order chi connectivity index (χ1) is 7.72. The van der Waals surface area contributed by atoms with E-state index in [0.29, 0.717) is 0 Å². The van der Waals surface area contributed by atoms with E-state index in [1.165, 1.54) is 5.56 Å². The van der Waals surface area contributed by atoms with Crippen molar-refractivity contribution in [2.75, 3.05) is 19.1 Å². The molecule has 0 amide bonds. The number of methoxy groups -OCH3 is 1. The average Bonchev–Trinajstić information content (AvgIpc) is 2.28. The first-order valence-electron chi connectivity index (χ1n) is 5.21. The maximum Gasteiger partial charge on any atom is 0.143 e. The van der Waals surface area contributed by atoms with E-state index >= 15 is 0 Å². The molecule has 0 saturated carbocycles. The second-order valence-corrected chi connectivity index (χ2v) is 3.44. The van der Waals surface area contributed by atoms with Crippen molar-refractivity contribution in [3.8, 4) is 5.75 Å². The molecule has 3 heteroatoms. The Balaban J connectivity index is 3.17. The van der Waals surface area contributed by atoms with Crippen LogP contribution >= 0.6 is 0 Å². The molecular weight excluding hydrogens is 200 g/mol. The van der Waals surface area contributed by atoms with Crippen molar-refractivity contribution in [2.45, 2.75) is 13.8 Å². The van der Waals surface area contributed by atoms with Crippen LogP contribution < -0.4 is 9.64 Å². The lowest BCUT2D eigenvalue weighted by Gasteiger charge is -2.18. The van der Waals surface area contributed by atoms with Crippen LogP contribution in [0.2, 0.25) is 0 Å². The Labute approximate surface area is 97.1 Å². The van der Waals surface area contributed by atoms with Crippen molar-refractivity contribution in [1.29, 1.82) is 0 Å². The van der Waals surface area contributed by atoms with Gasteiger partial charge in [0.05, 0.1) is 19.1 Å². The Morgan fingerprint density at radius 2 is 2.12 bits per heavy atom. The van der Waals surface area contributed by atoms with Crippen molar-refractivity contribution in [3.63, 3.8) is 0 Å². The van der Waals surface area contributed by atoms with Gasteiger partial charge in [0.2, 0.25) is 0 Å². The lowest BCUT2D eigenvalue weighted by atomic mass is 10.2. The highest BCUT2D eigenvalue weighted by molar-refractivity contribution is 5.84. The Morgan fingerprint density at radius 1 is 1.38 bits per heavy atom. The van der Waals surface area contributed by atoms with Crippen LogP contribution in [-0.2, 0) is 0 Å². The molecule has 0 spiro atoms. The van der Waals surface area contributed by atoms with E-state index in [9.17, 15) is 0 Å². The number of aliphatic imine (C=N–C) groups is 1. The summed E-state index contributed by atoms with van der Waals surface area (Å²) >= 11 is 0. The largest absolute Gasteiger partial charge is 0.495 e. The molecule has 0 aliphatic rings. The van der Waals surface area contributed by atoms with Gasteiger partial charge in [0.25, 0.3) is 0 Å². The molecule has 86 valence electrons. The second kappa shape index (κ2) is 5.95. The number of nitrogens with zero attached hydrogens (tertiary/aromatic N) is 2. The second-order valence-electron chi connectivity index (χ2n) is 3.44. The smallest absolute Gasteiger partial charge is 0.143 e. The Bertz CT molecular complexity index is 385. The van der Waals surface area contributed by atoms with Crippen LogP contribution in [0.1, 0.15) is 12.5 Å². The van der Waals surface area contributed by atoms with Gasteiger partial charge in [-0.2, -0.15) is 0 Å². The third-order valence-corrected chi connectivity index (χ3v) is 2.16. The van der Waals surface area contributed by atoms with Gasteiger partial charge >= 0.3 is 0 Å². The van der Waals surface area contributed by atoms with Crippen molar-refractivity contribution < 1.29 is 4.74 Å². The normalized spacial score (nSPS) is 11.2. The molecule has 1 aromatic rings. The lowest BCUT2D eigenvalue weighted by Crippen LogP contribution is -2.14. The number of hydrogen-bond donors (Lipinski definition) is 0. The molecule has 1 aromatic carbocycles. The molecule has 0 N–H and O–H groups in total. The van der Waals surface area contributed by atoms with Crippen molar-refractivity contribution >= 4 is 12.0 Å². The summed E-state index contributed by atoms with van der Waals surface area (Å²) in [5.74, 6) is 0.845. The standard InChI is InChI=1S/C13H18N2O/c1-5-8-15(10-14-3)12-7-6-11(2)9-13(12)16-4/h5-10H,1-4H3/b8-5+,14-10?. The van der Waals surface area contributed by atoms with Crippen LogP contribution in [0, 0.1) is 6.92 Å². The zero-order valence-corrected chi connectivity index (χ0v) is 10.3. The highest BCUT2D eigenvalue weighted by Crippen LogP contribution is 2.28. The van der Waals surface area contributed by atoms with E-state index in [4.69, 9.17) is 4.74 Å². The quantitative estimate of drug-likeness (QED) is 0.573. The molecule has 0 aliphatic carbocycles. The van der Waals surface area contributed by atoms with Crippen LogP contribution in [0.5, 0.6) is 5.75 Å². The third kappa shape index (κ3) is 2.86. The van der Waals surface area contributed by atoms with Gasteiger partial charge in [0.1, 0.15) is 5.75 Å². The summed E-state index contributed by atoms with van der Waals surface area (Å²) in [6.07, 6.45) is 5.66. The Hall–Kier alpha value is -1.77. The number of ether oxygens (including phenoxy) is 1. The molecule has 0 heterocycles. The van der Waals surface area contributed by atoms with Crippen LogP contribution in [0.15, 0.2) is 35.5 Å². The molecule has 0 unspecified atom stereocenters. The fourth-order valence-corrected chi connectivity index (χ4v) is 1.46. The van der Waals surface area contributed by atoms with E-state index in [0.717, 1.165) is 11.4 Å². The maximum absolute atomic E-state index is 5.36. The molecule has 0 bridgehead atoms. The lowest BCUT2D eigenvalue weighted by molar-refractivity contribution is 0.416. The molecule has 0 radical (unpaired) electrons. The van der Waals surface area contributed by atoms with E-state index in [2.05, 4.69) is 11.1 Å². The molecule has 1 rings (SSSR count). The first-order valence-corrected chi connectivity index (χ1v) is 5.21. The zero-order valence-electron chi connectivity index (χ0n) is 10.3. The predicted molar refractivity (Wildman–Crippen MR) is 69.4 cm³/mol. The first kappa shape index (κ1) is 12.3. The molecule has 0 aromatic heterocycles. The summed E-state index contributed by atoms with van der Waals surface area (Å²) in [6, 6.07) is 6.09. The number of hydrogen-bond acceptors (Lipinski definition) is 2.